The third kappa shape index (κ3) is 8.13. The van der Waals surface area contributed by atoms with E-state index in [0.717, 1.165) is 3.57 Å². The summed E-state index contributed by atoms with van der Waals surface area (Å²) in [6.45, 7) is 7.14. The quantitative estimate of drug-likeness (QED) is 0.0959. The van der Waals surface area contributed by atoms with Gasteiger partial charge in [-0.05, 0) is 71.8 Å². The van der Waals surface area contributed by atoms with Crippen molar-refractivity contribution >= 4 is 46.7 Å². The summed E-state index contributed by atoms with van der Waals surface area (Å²) in [7, 11) is 2.97. The Morgan fingerprint density at radius 2 is 1.88 bits per heavy atom. The predicted octanol–water partition coefficient (Wildman–Crippen LogP) is 3.59. The molecule has 0 bridgehead atoms. The second-order valence-corrected chi connectivity index (χ2v) is 9.58. The number of hydrogen-bond donors (Lipinski definition) is 3. The van der Waals surface area contributed by atoms with Gasteiger partial charge in [0, 0.05) is 5.70 Å². The van der Waals surface area contributed by atoms with Gasteiger partial charge < -0.3 is 34.3 Å². The van der Waals surface area contributed by atoms with E-state index >= 15 is 0 Å². The third-order valence-electron chi connectivity index (χ3n) is 5.64. The molecule has 2 aromatic carbocycles. The number of nitrogens with zero attached hydrogens (tertiary/aromatic N) is 1. The highest BCUT2D eigenvalue weighted by atomic mass is 127. The second-order valence-electron chi connectivity index (χ2n) is 8.42. The van der Waals surface area contributed by atoms with Crippen LogP contribution in [0.25, 0.3) is 0 Å². The highest BCUT2D eigenvalue weighted by molar-refractivity contribution is 14.1. The van der Waals surface area contributed by atoms with Gasteiger partial charge in [0.1, 0.15) is 6.61 Å². The zero-order chi connectivity index (χ0) is 29.9. The molecule has 0 radical (unpaired) electrons. The summed E-state index contributed by atoms with van der Waals surface area (Å²) in [4.78, 5) is 37.1. The van der Waals surface area contributed by atoms with E-state index in [1.54, 1.807) is 44.2 Å². The fourth-order valence-electron chi connectivity index (χ4n) is 3.86. The molecule has 0 saturated heterocycles. The first-order valence-electron chi connectivity index (χ1n) is 12.4. The monoisotopic (exact) mass is 678 g/mol. The lowest BCUT2D eigenvalue weighted by Crippen LogP contribution is -2.45. The number of esters is 1. The van der Waals surface area contributed by atoms with Crippen LogP contribution in [0.4, 0.5) is 4.79 Å². The van der Waals surface area contributed by atoms with Crippen LogP contribution in [-0.4, -0.2) is 58.2 Å². The fourth-order valence-corrected chi connectivity index (χ4v) is 4.64. The molecule has 0 fully saturated rings. The van der Waals surface area contributed by atoms with Crippen LogP contribution in [0, 0.1) is 3.57 Å². The summed E-state index contributed by atoms with van der Waals surface area (Å²) in [5.41, 5.74) is 4.32. The molecule has 0 aromatic heterocycles. The summed E-state index contributed by atoms with van der Waals surface area (Å²) in [5.74, 6) is 0.636. The molecule has 12 nitrogen and oxygen atoms in total. The molecule has 2 aromatic rings. The third-order valence-corrected chi connectivity index (χ3v) is 6.45. The van der Waals surface area contributed by atoms with E-state index in [0.29, 0.717) is 40.7 Å². The highest BCUT2D eigenvalue weighted by Gasteiger charge is 2.32. The standard InChI is InChI=1S/C28H31IN4O8/c1-6-10-40-26-19(29)11-17(12-22(26)38-5)14-30-33-23(34)15-41-20-9-8-18(13-21(20)37-4)25-24(27(35)39-7-2)16(3)31-28(36)32-25/h6,8-9,11-14,25H,1,7,10,15H2,2-5H3,(H,33,34)(H2,31,32,36)/b30-14+/t25-/m0/s1. The number of rotatable bonds is 13. The Balaban J connectivity index is 1.67. The number of allylic oxidation sites excluding steroid dienone is 1. The molecule has 1 heterocycles. The fraction of sp³-hybridized carbons (Fsp3) is 0.286. The summed E-state index contributed by atoms with van der Waals surface area (Å²) in [5, 5.41) is 9.30. The van der Waals surface area contributed by atoms with Gasteiger partial charge in [-0.1, -0.05) is 18.7 Å². The number of nitrogens with one attached hydrogen (secondary N) is 3. The largest absolute Gasteiger partial charge is 0.493 e. The summed E-state index contributed by atoms with van der Waals surface area (Å²) in [6.07, 6.45) is 3.11. The molecular weight excluding hydrogens is 647 g/mol. The molecule has 1 aliphatic heterocycles. The normalized spacial score (nSPS) is 14.6. The van der Waals surface area contributed by atoms with Gasteiger partial charge in [-0.3, -0.25) is 4.79 Å². The van der Waals surface area contributed by atoms with Crippen LogP contribution in [0.2, 0.25) is 0 Å². The van der Waals surface area contributed by atoms with Gasteiger partial charge in [0.15, 0.2) is 29.6 Å². The number of halogens is 1. The Labute approximate surface area is 251 Å². The van der Waals surface area contributed by atoms with Crippen LogP contribution in [-0.2, 0) is 14.3 Å². The van der Waals surface area contributed by atoms with Crippen molar-refractivity contribution in [3.05, 3.63) is 69.0 Å². The van der Waals surface area contributed by atoms with Crippen molar-refractivity contribution in [1.29, 1.82) is 0 Å². The van der Waals surface area contributed by atoms with Gasteiger partial charge in [-0.25, -0.2) is 15.0 Å². The lowest BCUT2D eigenvalue weighted by Gasteiger charge is -2.28. The molecule has 218 valence electrons. The van der Waals surface area contributed by atoms with Crippen LogP contribution >= 0.6 is 22.6 Å². The molecule has 41 heavy (non-hydrogen) atoms. The number of hydrazone groups is 1. The molecule has 1 aliphatic rings. The molecule has 13 heteroatoms. The molecule has 1 atom stereocenters. The SMILES string of the molecule is C=CCOc1c(I)cc(/C=N/NC(=O)COc2ccc([C@@H]3NC(=O)NC(C)=C3C(=O)OCC)cc2OC)cc1OC. The van der Waals surface area contributed by atoms with Gasteiger partial charge >= 0.3 is 12.0 Å². The van der Waals surface area contributed by atoms with Crippen molar-refractivity contribution < 1.29 is 38.1 Å². The van der Waals surface area contributed by atoms with E-state index in [4.69, 9.17) is 23.7 Å². The molecule has 3 rings (SSSR count). The lowest BCUT2D eigenvalue weighted by atomic mass is 9.95. The second kappa shape index (κ2) is 14.9. The Morgan fingerprint density at radius 3 is 2.56 bits per heavy atom. The summed E-state index contributed by atoms with van der Waals surface area (Å²) >= 11 is 2.12. The molecule has 3 amide bonds. The van der Waals surface area contributed by atoms with E-state index < -0.39 is 23.9 Å². The Kier molecular flexibility index (Phi) is 11.4. The van der Waals surface area contributed by atoms with Gasteiger partial charge in [0.25, 0.3) is 5.91 Å². The summed E-state index contributed by atoms with van der Waals surface area (Å²) < 4.78 is 28.1. The molecule has 0 spiro atoms. The van der Waals surface area contributed by atoms with Crippen LogP contribution in [0.3, 0.4) is 0 Å². The highest BCUT2D eigenvalue weighted by Crippen LogP contribution is 2.35. The molecule has 0 saturated carbocycles. The maximum Gasteiger partial charge on any atom is 0.338 e. The van der Waals surface area contributed by atoms with E-state index in [1.165, 1.54) is 20.4 Å². The van der Waals surface area contributed by atoms with Crippen molar-refractivity contribution in [3.63, 3.8) is 0 Å². The number of urea groups is 1. The summed E-state index contributed by atoms with van der Waals surface area (Å²) in [6, 6.07) is 7.19. The van der Waals surface area contributed by atoms with Crippen LogP contribution in [0.1, 0.15) is 31.0 Å². The van der Waals surface area contributed by atoms with E-state index in [1.807, 2.05) is 6.07 Å². The number of carbonyl (C=O) groups excluding carboxylic acids is 3. The van der Waals surface area contributed by atoms with Crippen molar-refractivity contribution in [3.8, 4) is 23.0 Å². The average molecular weight is 678 g/mol. The first-order chi connectivity index (χ1) is 19.7. The van der Waals surface area contributed by atoms with Crippen molar-refractivity contribution in [2.75, 3.05) is 34.0 Å². The smallest absolute Gasteiger partial charge is 0.338 e. The van der Waals surface area contributed by atoms with Crippen molar-refractivity contribution in [2.24, 2.45) is 5.10 Å². The van der Waals surface area contributed by atoms with Crippen LogP contribution in [0.5, 0.6) is 23.0 Å². The number of methoxy groups -OCH3 is 2. The molecule has 0 unspecified atom stereocenters. The maximum atomic E-state index is 12.6. The molecular formula is C28H31IN4O8. The first kappa shape index (κ1) is 31.3. The van der Waals surface area contributed by atoms with Gasteiger partial charge in [0.05, 0.1) is 42.2 Å². The van der Waals surface area contributed by atoms with Crippen molar-refractivity contribution in [1.82, 2.24) is 16.1 Å². The van der Waals surface area contributed by atoms with E-state index in [-0.39, 0.29) is 24.5 Å². The van der Waals surface area contributed by atoms with Gasteiger partial charge in [-0.15, -0.1) is 0 Å². The topological polar surface area (TPSA) is 146 Å². The van der Waals surface area contributed by atoms with E-state index in [9.17, 15) is 14.4 Å². The molecule has 0 aliphatic carbocycles. The minimum absolute atomic E-state index is 0.184. The Morgan fingerprint density at radius 1 is 1.12 bits per heavy atom. The Hall–Kier alpha value is -4.27. The Bertz CT molecular complexity index is 1380. The minimum Gasteiger partial charge on any atom is -0.493 e. The zero-order valence-electron chi connectivity index (χ0n) is 23.0. The molecule has 3 N–H and O–H groups in total. The number of carbonyl (C=O) groups is 3. The lowest BCUT2D eigenvalue weighted by molar-refractivity contribution is -0.139. The van der Waals surface area contributed by atoms with Crippen LogP contribution in [0.15, 0.2) is 59.4 Å². The number of hydrogen-bond acceptors (Lipinski definition) is 9. The number of ether oxygens (including phenoxy) is 5. The maximum absolute atomic E-state index is 12.6. The number of amides is 3. The average Bonchev–Trinajstić information content (AvgIpc) is 2.94. The van der Waals surface area contributed by atoms with Crippen LogP contribution < -0.4 is 35.0 Å². The van der Waals surface area contributed by atoms with Gasteiger partial charge in [0.2, 0.25) is 0 Å². The predicted molar refractivity (Wildman–Crippen MR) is 159 cm³/mol. The van der Waals surface area contributed by atoms with Crippen molar-refractivity contribution in [2.45, 2.75) is 19.9 Å². The van der Waals surface area contributed by atoms with E-state index in [2.05, 4.69) is 50.3 Å². The zero-order valence-corrected chi connectivity index (χ0v) is 25.2. The number of benzene rings is 2. The van der Waals surface area contributed by atoms with Gasteiger partial charge in [-0.2, -0.15) is 5.10 Å². The first-order valence-corrected chi connectivity index (χ1v) is 13.5. The minimum atomic E-state index is -0.771.